The fourth-order valence-corrected chi connectivity index (χ4v) is 3.57. The molecule has 3 rings (SSSR count). The minimum Gasteiger partial charge on any atom is -0.378 e. The quantitative estimate of drug-likeness (QED) is 0.667. The number of carbonyl (C=O) groups is 2. The lowest BCUT2D eigenvalue weighted by Crippen LogP contribution is -2.75. The van der Waals surface area contributed by atoms with Crippen LogP contribution < -0.4 is 16.4 Å². The summed E-state index contributed by atoms with van der Waals surface area (Å²) in [6.07, 6.45) is 3.73. The van der Waals surface area contributed by atoms with E-state index in [0.29, 0.717) is 30.8 Å². The molecule has 2 atom stereocenters. The fraction of sp³-hybridized carbons (Fsp3) is 0.409. The molecule has 1 aliphatic carbocycles. The Labute approximate surface area is 171 Å². The first-order chi connectivity index (χ1) is 13.8. The van der Waals surface area contributed by atoms with Gasteiger partial charge in [-0.25, -0.2) is 0 Å². The number of anilines is 1. The summed E-state index contributed by atoms with van der Waals surface area (Å²) in [5.41, 5.74) is 7.13. The molecule has 4 N–H and O–H groups in total. The van der Waals surface area contributed by atoms with Gasteiger partial charge in [0.15, 0.2) is 0 Å². The Morgan fingerprint density at radius 3 is 2.41 bits per heavy atom. The number of amides is 2. The lowest BCUT2D eigenvalue weighted by atomic mass is 9.54. The van der Waals surface area contributed by atoms with E-state index in [1.807, 2.05) is 32.9 Å². The van der Waals surface area contributed by atoms with Crippen LogP contribution in [0.15, 0.2) is 48.8 Å². The Morgan fingerprint density at radius 2 is 1.83 bits per heavy atom. The second-order valence-corrected chi connectivity index (χ2v) is 7.91. The number of nitrogens with one attached hydrogen (secondary N) is 2. The largest absolute Gasteiger partial charge is 0.378 e. The van der Waals surface area contributed by atoms with Crippen molar-refractivity contribution in [1.82, 2.24) is 10.3 Å². The van der Waals surface area contributed by atoms with Crippen LogP contribution >= 0.6 is 0 Å². The van der Waals surface area contributed by atoms with E-state index in [1.54, 1.807) is 36.7 Å². The van der Waals surface area contributed by atoms with Crippen molar-refractivity contribution in [3.63, 3.8) is 0 Å². The molecular formula is C22H28N4O3. The van der Waals surface area contributed by atoms with Crippen LogP contribution in [0.4, 0.5) is 5.69 Å². The van der Waals surface area contributed by atoms with Crippen LogP contribution in [0.3, 0.4) is 0 Å². The number of nitrogens with zero attached hydrogens (tertiary/aromatic N) is 1. The molecule has 0 spiro atoms. The second kappa shape index (κ2) is 8.31. The Hall–Kier alpha value is -2.77. The minimum absolute atomic E-state index is 0.0126. The van der Waals surface area contributed by atoms with Gasteiger partial charge >= 0.3 is 0 Å². The molecule has 1 fully saturated rings. The third-order valence-electron chi connectivity index (χ3n) is 5.84. The molecule has 1 heterocycles. The first-order valence-electron chi connectivity index (χ1n) is 9.77. The molecule has 7 heteroatoms. The van der Waals surface area contributed by atoms with Crippen molar-refractivity contribution in [3.8, 4) is 0 Å². The Balaban J connectivity index is 1.55. The molecule has 2 amide bonds. The molecule has 1 aromatic heterocycles. The number of ether oxygens (including phenoxy) is 1. The maximum Gasteiger partial charge on any atom is 0.255 e. The van der Waals surface area contributed by atoms with Crippen molar-refractivity contribution in [2.75, 3.05) is 11.9 Å². The zero-order chi connectivity index (χ0) is 21.1. The SMILES string of the molecule is CCOC1CC(N)(C(=O)NCc2ccc(C(=O)Nc3ccncc3)cc2)C1(C)C. The molecule has 1 aliphatic rings. The highest BCUT2D eigenvalue weighted by Gasteiger charge is 2.62. The zero-order valence-electron chi connectivity index (χ0n) is 17.1. The normalized spacial score (nSPS) is 22.4. The number of nitrogens with two attached hydrogens (primary N) is 1. The summed E-state index contributed by atoms with van der Waals surface area (Å²) in [5, 5.41) is 5.73. The maximum atomic E-state index is 12.7. The van der Waals surface area contributed by atoms with Gasteiger partial charge in [0, 0.05) is 48.6 Å². The minimum atomic E-state index is -0.947. The molecule has 7 nitrogen and oxygen atoms in total. The lowest BCUT2D eigenvalue weighted by molar-refractivity contribution is -0.170. The van der Waals surface area contributed by atoms with Crippen LogP contribution in [0.25, 0.3) is 0 Å². The van der Waals surface area contributed by atoms with Crippen LogP contribution in [0.5, 0.6) is 0 Å². The first-order valence-corrected chi connectivity index (χ1v) is 9.77. The highest BCUT2D eigenvalue weighted by Crippen LogP contribution is 2.49. The number of hydrogen-bond acceptors (Lipinski definition) is 5. The molecule has 0 radical (unpaired) electrons. The summed E-state index contributed by atoms with van der Waals surface area (Å²) >= 11 is 0. The molecule has 1 saturated carbocycles. The van der Waals surface area contributed by atoms with Crippen molar-refractivity contribution >= 4 is 17.5 Å². The van der Waals surface area contributed by atoms with Crippen molar-refractivity contribution in [3.05, 3.63) is 59.9 Å². The highest BCUT2D eigenvalue weighted by molar-refractivity contribution is 6.04. The van der Waals surface area contributed by atoms with Gasteiger partial charge in [-0.05, 0) is 36.8 Å². The fourth-order valence-electron chi connectivity index (χ4n) is 3.57. The van der Waals surface area contributed by atoms with E-state index in [2.05, 4.69) is 15.6 Å². The molecule has 0 aliphatic heterocycles. The number of hydrogen-bond donors (Lipinski definition) is 3. The highest BCUT2D eigenvalue weighted by atomic mass is 16.5. The van der Waals surface area contributed by atoms with Crippen LogP contribution in [0.2, 0.25) is 0 Å². The predicted octanol–water partition coefficient (Wildman–Crippen LogP) is 2.48. The topological polar surface area (TPSA) is 106 Å². The van der Waals surface area contributed by atoms with Crippen LogP contribution in [-0.2, 0) is 16.1 Å². The Morgan fingerprint density at radius 1 is 1.17 bits per heavy atom. The van der Waals surface area contributed by atoms with Gasteiger partial charge in [0.2, 0.25) is 5.91 Å². The summed E-state index contributed by atoms with van der Waals surface area (Å²) in [5.74, 6) is -0.385. The average molecular weight is 396 g/mol. The maximum absolute atomic E-state index is 12.7. The average Bonchev–Trinajstić information content (AvgIpc) is 2.72. The van der Waals surface area contributed by atoms with Crippen molar-refractivity contribution in [2.24, 2.45) is 11.1 Å². The summed E-state index contributed by atoms with van der Waals surface area (Å²) in [6.45, 7) is 6.82. The van der Waals surface area contributed by atoms with Gasteiger partial charge in [-0.3, -0.25) is 14.6 Å². The van der Waals surface area contributed by atoms with E-state index in [4.69, 9.17) is 10.5 Å². The number of aromatic nitrogens is 1. The monoisotopic (exact) mass is 396 g/mol. The van der Waals surface area contributed by atoms with Gasteiger partial charge in [-0.15, -0.1) is 0 Å². The van der Waals surface area contributed by atoms with E-state index in [0.717, 1.165) is 5.56 Å². The first kappa shape index (κ1) is 21.0. The molecule has 2 aromatic rings. The van der Waals surface area contributed by atoms with Crippen molar-refractivity contribution < 1.29 is 14.3 Å². The third-order valence-corrected chi connectivity index (χ3v) is 5.84. The molecule has 0 bridgehead atoms. The van der Waals surface area contributed by atoms with Gasteiger partial charge in [-0.2, -0.15) is 0 Å². The van der Waals surface area contributed by atoms with E-state index in [9.17, 15) is 9.59 Å². The smallest absolute Gasteiger partial charge is 0.255 e. The Kier molecular flexibility index (Phi) is 6.00. The number of pyridine rings is 1. The van der Waals surface area contributed by atoms with E-state index >= 15 is 0 Å². The number of benzene rings is 1. The van der Waals surface area contributed by atoms with Gasteiger partial charge in [-0.1, -0.05) is 26.0 Å². The second-order valence-electron chi connectivity index (χ2n) is 7.91. The summed E-state index contributed by atoms with van der Waals surface area (Å²) in [4.78, 5) is 28.9. The number of rotatable bonds is 7. The molecular weight excluding hydrogens is 368 g/mol. The molecule has 29 heavy (non-hydrogen) atoms. The van der Waals surface area contributed by atoms with Crippen LogP contribution in [-0.4, -0.2) is 35.0 Å². The molecule has 2 unspecified atom stereocenters. The van der Waals surface area contributed by atoms with Gasteiger partial charge in [0.25, 0.3) is 5.91 Å². The van der Waals surface area contributed by atoms with Crippen molar-refractivity contribution in [1.29, 1.82) is 0 Å². The van der Waals surface area contributed by atoms with Crippen LogP contribution in [0, 0.1) is 5.41 Å². The summed E-state index contributed by atoms with van der Waals surface area (Å²) in [6, 6.07) is 10.5. The lowest BCUT2D eigenvalue weighted by Gasteiger charge is -2.57. The number of carbonyl (C=O) groups excluding carboxylic acids is 2. The van der Waals surface area contributed by atoms with Crippen LogP contribution in [0.1, 0.15) is 43.1 Å². The third kappa shape index (κ3) is 4.16. The van der Waals surface area contributed by atoms with Crippen molar-refractivity contribution in [2.45, 2.75) is 45.4 Å². The Bertz CT molecular complexity index is 867. The molecule has 0 saturated heterocycles. The van der Waals surface area contributed by atoms with E-state index < -0.39 is 11.0 Å². The summed E-state index contributed by atoms with van der Waals surface area (Å²) in [7, 11) is 0. The van der Waals surface area contributed by atoms with Gasteiger partial charge in [0.1, 0.15) is 5.54 Å². The molecule has 154 valence electrons. The summed E-state index contributed by atoms with van der Waals surface area (Å²) < 4.78 is 5.68. The van der Waals surface area contributed by atoms with Gasteiger partial charge < -0.3 is 21.1 Å². The predicted molar refractivity (Wildman–Crippen MR) is 111 cm³/mol. The van der Waals surface area contributed by atoms with Gasteiger partial charge in [0.05, 0.1) is 6.10 Å². The molecule has 1 aromatic carbocycles. The standard InChI is InChI=1S/C22H28N4O3/c1-4-29-18-13-22(23,21(18,2)3)20(28)25-14-15-5-7-16(8-6-15)19(27)26-17-9-11-24-12-10-17/h5-12,18H,4,13-14,23H2,1-3H3,(H,25,28)(H,24,26,27). The van der Waals surface area contributed by atoms with E-state index in [1.165, 1.54) is 0 Å². The zero-order valence-corrected chi connectivity index (χ0v) is 17.1. The van der Waals surface area contributed by atoms with E-state index in [-0.39, 0.29) is 17.9 Å².